The molecule has 8 heteroatoms. The highest BCUT2D eigenvalue weighted by molar-refractivity contribution is 9.10. The number of halogens is 1. The molecule has 0 saturated carbocycles. The summed E-state index contributed by atoms with van der Waals surface area (Å²) in [5, 5.41) is 9.81. The van der Waals surface area contributed by atoms with Gasteiger partial charge >= 0.3 is 0 Å². The number of aromatic nitrogens is 5. The van der Waals surface area contributed by atoms with Crippen LogP contribution in [0.15, 0.2) is 10.8 Å². The maximum Gasteiger partial charge on any atom is 0.199 e. The molecule has 0 saturated heterocycles. The fourth-order valence-corrected chi connectivity index (χ4v) is 1.94. The Balaban J connectivity index is 2.41. The van der Waals surface area contributed by atoms with Crippen molar-refractivity contribution in [2.75, 3.05) is 19.0 Å². The number of ether oxygens (including phenoxy) is 1. The first-order valence-electron chi connectivity index (χ1n) is 5.91. The molecule has 0 aliphatic heterocycles. The number of nitrogens with zero attached hydrogens (tertiary/aromatic N) is 4. The Morgan fingerprint density at radius 2 is 2.26 bits per heavy atom. The van der Waals surface area contributed by atoms with Crippen LogP contribution >= 0.6 is 15.9 Å². The van der Waals surface area contributed by atoms with E-state index in [-0.39, 0.29) is 0 Å². The van der Waals surface area contributed by atoms with Crippen molar-refractivity contribution in [3.63, 3.8) is 0 Å². The molecule has 2 rings (SSSR count). The molecular weight excluding hydrogens is 312 g/mol. The topological polar surface area (TPSA) is 88.6 Å². The van der Waals surface area contributed by atoms with Crippen LogP contribution in [0.4, 0.5) is 5.82 Å². The molecule has 2 N–H and O–H groups in total. The van der Waals surface area contributed by atoms with Crippen molar-refractivity contribution in [2.45, 2.75) is 20.0 Å². The zero-order valence-corrected chi connectivity index (χ0v) is 12.4. The molecule has 0 unspecified atom stereocenters. The Morgan fingerprint density at radius 1 is 1.42 bits per heavy atom. The largest absolute Gasteiger partial charge is 0.378 e. The molecule has 0 atom stereocenters. The van der Waals surface area contributed by atoms with Crippen LogP contribution in [0.2, 0.25) is 0 Å². The van der Waals surface area contributed by atoms with Gasteiger partial charge in [-0.3, -0.25) is 5.10 Å². The maximum atomic E-state index is 5.15. The number of nitrogens with one attached hydrogen (secondary N) is 2. The molecule has 0 aliphatic carbocycles. The van der Waals surface area contributed by atoms with Gasteiger partial charge in [0.1, 0.15) is 12.1 Å². The van der Waals surface area contributed by atoms with Gasteiger partial charge in [0, 0.05) is 13.7 Å². The predicted molar refractivity (Wildman–Crippen MR) is 74.6 cm³/mol. The van der Waals surface area contributed by atoms with E-state index in [1.807, 2.05) is 0 Å². The molecule has 102 valence electrons. The van der Waals surface area contributed by atoms with Crippen molar-refractivity contribution in [1.82, 2.24) is 25.1 Å². The lowest BCUT2D eigenvalue weighted by Crippen LogP contribution is -2.08. The van der Waals surface area contributed by atoms with Crippen molar-refractivity contribution in [1.29, 1.82) is 0 Å². The van der Waals surface area contributed by atoms with Crippen LogP contribution in [0.25, 0.3) is 11.6 Å². The van der Waals surface area contributed by atoms with Crippen molar-refractivity contribution < 1.29 is 4.74 Å². The number of rotatable bonds is 6. The van der Waals surface area contributed by atoms with Gasteiger partial charge in [-0.2, -0.15) is 5.10 Å². The van der Waals surface area contributed by atoms with E-state index in [1.165, 1.54) is 6.33 Å². The number of anilines is 1. The number of H-pyrrole nitrogens is 1. The Hall–Kier alpha value is -1.54. The Bertz CT molecular complexity index is 530. The Kier molecular flexibility index (Phi) is 4.80. The first-order chi connectivity index (χ1) is 9.26. The molecule has 0 spiro atoms. The summed E-state index contributed by atoms with van der Waals surface area (Å²) in [6.45, 7) is 3.32. The van der Waals surface area contributed by atoms with Gasteiger partial charge < -0.3 is 10.1 Å². The highest BCUT2D eigenvalue weighted by Crippen LogP contribution is 2.26. The Labute approximate surface area is 119 Å². The van der Waals surface area contributed by atoms with Crippen LogP contribution in [0.3, 0.4) is 0 Å². The molecular formula is C11H15BrN6O. The average molecular weight is 327 g/mol. The summed E-state index contributed by atoms with van der Waals surface area (Å²) in [5.74, 6) is 1.76. The summed E-state index contributed by atoms with van der Waals surface area (Å²) < 4.78 is 5.96. The summed E-state index contributed by atoms with van der Waals surface area (Å²) in [5.41, 5.74) is 0.766. The molecule has 2 heterocycles. The average Bonchev–Trinajstić information content (AvgIpc) is 2.94. The Morgan fingerprint density at radius 3 is 2.89 bits per heavy atom. The third kappa shape index (κ3) is 3.27. The van der Waals surface area contributed by atoms with Crippen LogP contribution in [0.5, 0.6) is 0 Å². The molecule has 0 aliphatic rings. The molecule has 2 aromatic rings. The number of aromatic amines is 1. The normalized spacial score (nSPS) is 10.7. The van der Waals surface area contributed by atoms with Gasteiger partial charge in [0.15, 0.2) is 11.6 Å². The molecule has 0 aromatic carbocycles. The van der Waals surface area contributed by atoms with E-state index < -0.39 is 0 Å². The van der Waals surface area contributed by atoms with Crippen LogP contribution in [0.1, 0.15) is 19.0 Å². The van der Waals surface area contributed by atoms with Gasteiger partial charge in [0.2, 0.25) is 0 Å². The second kappa shape index (κ2) is 6.58. The number of methoxy groups -OCH3 is 1. The van der Waals surface area contributed by atoms with Gasteiger partial charge in [-0.1, -0.05) is 6.92 Å². The highest BCUT2D eigenvalue weighted by Gasteiger charge is 2.14. The minimum Gasteiger partial charge on any atom is -0.378 e. The van der Waals surface area contributed by atoms with Gasteiger partial charge in [-0.15, -0.1) is 0 Å². The van der Waals surface area contributed by atoms with Gasteiger partial charge in [-0.25, -0.2) is 15.0 Å². The van der Waals surface area contributed by atoms with Crippen LogP contribution in [-0.4, -0.2) is 38.8 Å². The minimum absolute atomic E-state index is 0.394. The summed E-state index contributed by atoms with van der Waals surface area (Å²) in [6.07, 6.45) is 2.43. The standard InChI is InChI=1S/C11H15BrN6O/c1-3-4-13-9-8(12)7(5-19-2)16-11(17-9)10-14-6-15-18-10/h6H,3-5H2,1-2H3,(H,13,16,17)(H,14,15,18). The SMILES string of the molecule is CCCNc1nc(-c2ncn[nH]2)nc(COC)c1Br. The van der Waals surface area contributed by atoms with Crippen molar-refractivity contribution in [3.05, 3.63) is 16.5 Å². The molecule has 0 radical (unpaired) electrons. The third-order valence-corrected chi connectivity index (χ3v) is 3.20. The minimum atomic E-state index is 0.394. The van der Waals surface area contributed by atoms with Crippen molar-refractivity contribution >= 4 is 21.7 Å². The van der Waals surface area contributed by atoms with E-state index >= 15 is 0 Å². The van der Waals surface area contributed by atoms with E-state index in [1.54, 1.807) is 7.11 Å². The summed E-state index contributed by atoms with van der Waals surface area (Å²) in [7, 11) is 1.63. The van der Waals surface area contributed by atoms with E-state index in [4.69, 9.17) is 4.74 Å². The lowest BCUT2D eigenvalue weighted by molar-refractivity contribution is 0.181. The van der Waals surface area contributed by atoms with E-state index in [0.717, 1.165) is 29.0 Å². The first-order valence-corrected chi connectivity index (χ1v) is 6.70. The number of hydrogen-bond acceptors (Lipinski definition) is 6. The number of hydrogen-bond donors (Lipinski definition) is 2. The molecule has 2 aromatic heterocycles. The quantitative estimate of drug-likeness (QED) is 0.843. The maximum absolute atomic E-state index is 5.15. The smallest absolute Gasteiger partial charge is 0.199 e. The summed E-state index contributed by atoms with van der Waals surface area (Å²) in [6, 6.07) is 0. The second-order valence-electron chi connectivity index (χ2n) is 3.85. The predicted octanol–water partition coefficient (Wildman–Crippen LogP) is 1.99. The van der Waals surface area contributed by atoms with Crippen molar-refractivity contribution in [2.24, 2.45) is 0 Å². The van der Waals surface area contributed by atoms with Crippen LogP contribution in [-0.2, 0) is 11.3 Å². The summed E-state index contributed by atoms with van der Waals surface area (Å²) in [4.78, 5) is 12.9. The molecule has 19 heavy (non-hydrogen) atoms. The fourth-order valence-electron chi connectivity index (χ4n) is 1.51. The highest BCUT2D eigenvalue weighted by atomic mass is 79.9. The molecule has 0 fully saturated rings. The van der Waals surface area contributed by atoms with Gasteiger partial charge in [0.25, 0.3) is 0 Å². The fraction of sp³-hybridized carbons (Fsp3) is 0.455. The van der Waals surface area contributed by atoms with E-state index in [9.17, 15) is 0 Å². The monoisotopic (exact) mass is 326 g/mol. The van der Waals surface area contributed by atoms with Gasteiger partial charge in [-0.05, 0) is 22.4 Å². The zero-order valence-electron chi connectivity index (χ0n) is 10.8. The third-order valence-electron chi connectivity index (χ3n) is 2.37. The van der Waals surface area contributed by atoms with Crippen LogP contribution in [0, 0.1) is 0 Å². The lowest BCUT2D eigenvalue weighted by Gasteiger charge is -2.11. The van der Waals surface area contributed by atoms with E-state index in [2.05, 4.69) is 53.3 Å². The van der Waals surface area contributed by atoms with E-state index in [0.29, 0.717) is 18.3 Å². The second-order valence-corrected chi connectivity index (χ2v) is 4.64. The molecule has 0 bridgehead atoms. The summed E-state index contributed by atoms with van der Waals surface area (Å²) >= 11 is 3.50. The van der Waals surface area contributed by atoms with Crippen molar-refractivity contribution in [3.8, 4) is 11.6 Å². The molecule has 7 nitrogen and oxygen atoms in total. The molecule has 0 amide bonds. The van der Waals surface area contributed by atoms with Crippen LogP contribution < -0.4 is 5.32 Å². The zero-order chi connectivity index (χ0) is 13.7. The lowest BCUT2D eigenvalue weighted by atomic mass is 10.3. The first kappa shape index (κ1) is 13.9. The van der Waals surface area contributed by atoms with Gasteiger partial charge in [0.05, 0.1) is 16.8 Å².